The molecule has 1 aliphatic heterocycles. The van der Waals surface area contributed by atoms with Crippen molar-refractivity contribution in [3.63, 3.8) is 0 Å². The number of rotatable bonds is 6. The molecule has 0 aliphatic carbocycles. The van der Waals surface area contributed by atoms with Gasteiger partial charge < -0.3 is 19.6 Å². The second-order valence-corrected chi connectivity index (χ2v) is 7.46. The lowest BCUT2D eigenvalue weighted by molar-refractivity contribution is -0.137. The molecule has 0 bridgehead atoms. The standard InChI is InChI=1S/C23H24F3N3O3/c1-2-32-20-7-3-16(4-8-20)11-22(31)28-9-10-29(19(14-28)15-30)18-6-5-17(13-27)21(12-18)23(24,25)26/h3-8,12,19,30H,2,9-11,14-15H2,1H3. The number of halogens is 3. The summed E-state index contributed by atoms with van der Waals surface area (Å²) >= 11 is 0. The van der Waals surface area contributed by atoms with Gasteiger partial charge in [-0.15, -0.1) is 0 Å². The number of nitrogens with zero attached hydrogens (tertiary/aromatic N) is 3. The highest BCUT2D eigenvalue weighted by molar-refractivity contribution is 5.79. The van der Waals surface area contributed by atoms with Gasteiger partial charge in [-0.1, -0.05) is 12.1 Å². The molecular formula is C23H24F3N3O3. The number of ether oxygens (including phenoxy) is 1. The van der Waals surface area contributed by atoms with Crippen LogP contribution in [0.3, 0.4) is 0 Å². The molecule has 2 aromatic carbocycles. The summed E-state index contributed by atoms with van der Waals surface area (Å²) in [6.45, 7) is 2.88. The van der Waals surface area contributed by atoms with E-state index < -0.39 is 23.3 Å². The molecule has 1 atom stereocenters. The highest BCUT2D eigenvalue weighted by Crippen LogP contribution is 2.35. The molecule has 1 N–H and O–H groups in total. The van der Waals surface area contributed by atoms with Gasteiger partial charge in [-0.2, -0.15) is 18.4 Å². The summed E-state index contributed by atoms with van der Waals surface area (Å²) in [4.78, 5) is 16.0. The number of nitriles is 1. The minimum atomic E-state index is -4.66. The van der Waals surface area contributed by atoms with Crippen LogP contribution in [0.25, 0.3) is 0 Å². The number of alkyl halides is 3. The lowest BCUT2D eigenvalue weighted by Gasteiger charge is -2.42. The highest BCUT2D eigenvalue weighted by Gasteiger charge is 2.36. The van der Waals surface area contributed by atoms with Crippen molar-refractivity contribution < 1.29 is 27.8 Å². The number of hydrogen-bond donors (Lipinski definition) is 1. The van der Waals surface area contributed by atoms with Gasteiger partial charge in [0.05, 0.1) is 42.9 Å². The average molecular weight is 447 g/mol. The van der Waals surface area contributed by atoms with Crippen molar-refractivity contribution in [1.82, 2.24) is 4.90 Å². The summed E-state index contributed by atoms with van der Waals surface area (Å²) in [5.74, 6) is 0.598. The van der Waals surface area contributed by atoms with Crippen molar-refractivity contribution in [2.45, 2.75) is 25.6 Å². The summed E-state index contributed by atoms with van der Waals surface area (Å²) in [6.07, 6.45) is -4.48. The van der Waals surface area contributed by atoms with Crippen molar-refractivity contribution in [2.75, 3.05) is 37.7 Å². The molecule has 1 unspecified atom stereocenters. The Morgan fingerprint density at radius 1 is 1.22 bits per heavy atom. The molecule has 0 radical (unpaired) electrons. The van der Waals surface area contributed by atoms with E-state index in [1.807, 2.05) is 19.1 Å². The molecular weight excluding hydrogens is 423 g/mol. The number of aliphatic hydroxyl groups is 1. The number of hydrogen-bond acceptors (Lipinski definition) is 5. The quantitative estimate of drug-likeness (QED) is 0.736. The van der Waals surface area contributed by atoms with Gasteiger partial charge in [-0.3, -0.25) is 4.79 Å². The molecule has 0 spiro atoms. The predicted octanol–water partition coefficient (Wildman–Crippen LogP) is 3.23. The van der Waals surface area contributed by atoms with Crippen LogP contribution in [0.15, 0.2) is 42.5 Å². The summed E-state index contributed by atoms with van der Waals surface area (Å²) in [5, 5.41) is 18.8. The van der Waals surface area contributed by atoms with E-state index in [1.54, 1.807) is 28.0 Å². The number of anilines is 1. The molecule has 0 saturated carbocycles. The van der Waals surface area contributed by atoms with Crippen molar-refractivity contribution in [2.24, 2.45) is 0 Å². The van der Waals surface area contributed by atoms with Gasteiger partial charge in [0.25, 0.3) is 0 Å². The lowest BCUT2D eigenvalue weighted by Crippen LogP contribution is -2.56. The maximum absolute atomic E-state index is 13.3. The van der Waals surface area contributed by atoms with Gasteiger partial charge in [0.15, 0.2) is 0 Å². The van der Waals surface area contributed by atoms with Gasteiger partial charge in [0.2, 0.25) is 5.91 Å². The second-order valence-electron chi connectivity index (χ2n) is 7.46. The van der Waals surface area contributed by atoms with Crippen molar-refractivity contribution >= 4 is 11.6 Å². The van der Waals surface area contributed by atoms with Gasteiger partial charge in [0.1, 0.15) is 5.75 Å². The fourth-order valence-corrected chi connectivity index (χ4v) is 3.78. The molecule has 1 heterocycles. The van der Waals surface area contributed by atoms with E-state index in [0.29, 0.717) is 13.2 Å². The van der Waals surface area contributed by atoms with E-state index in [9.17, 15) is 23.1 Å². The van der Waals surface area contributed by atoms with E-state index in [2.05, 4.69) is 0 Å². The predicted molar refractivity (Wildman–Crippen MR) is 112 cm³/mol. The lowest BCUT2D eigenvalue weighted by atomic mass is 10.0. The molecule has 1 aliphatic rings. The summed E-state index contributed by atoms with van der Waals surface area (Å²) in [7, 11) is 0. The Morgan fingerprint density at radius 2 is 1.94 bits per heavy atom. The first kappa shape index (κ1) is 23.4. The Hall–Kier alpha value is -3.25. The van der Waals surface area contributed by atoms with Gasteiger partial charge in [0, 0.05) is 25.3 Å². The molecule has 6 nitrogen and oxygen atoms in total. The van der Waals surface area contributed by atoms with Gasteiger partial charge in [-0.05, 0) is 42.8 Å². The molecule has 3 rings (SSSR count). The van der Waals surface area contributed by atoms with E-state index in [4.69, 9.17) is 10.00 Å². The van der Waals surface area contributed by atoms with Crippen LogP contribution < -0.4 is 9.64 Å². The van der Waals surface area contributed by atoms with E-state index >= 15 is 0 Å². The molecule has 32 heavy (non-hydrogen) atoms. The van der Waals surface area contributed by atoms with Gasteiger partial charge in [-0.25, -0.2) is 0 Å². The minimum Gasteiger partial charge on any atom is -0.494 e. The van der Waals surface area contributed by atoms with Crippen LogP contribution in [-0.2, 0) is 17.4 Å². The molecule has 1 fully saturated rings. The maximum Gasteiger partial charge on any atom is 0.417 e. The first-order chi connectivity index (χ1) is 15.3. The molecule has 0 aromatic heterocycles. The first-order valence-electron chi connectivity index (χ1n) is 10.2. The zero-order valence-electron chi connectivity index (χ0n) is 17.6. The number of carbonyl (C=O) groups excluding carboxylic acids is 1. The largest absolute Gasteiger partial charge is 0.494 e. The third kappa shape index (κ3) is 5.32. The van der Waals surface area contributed by atoms with Crippen LogP contribution in [0.1, 0.15) is 23.6 Å². The Bertz CT molecular complexity index is 987. The summed E-state index contributed by atoms with van der Waals surface area (Å²) in [6, 6.07) is 11.7. The number of piperazine rings is 1. The molecule has 9 heteroatoms. The van der Waals surface area contributed by atoms with Crippen LogP contribution >= 0.6 is 0 Å². The van der Waals surface area contributed by atoms with Crippen LogP contribution in [0.5, 0.6) is 5.75 Å². The third-order valence-corrected chi connectivity index (χ3v) is 5.40. The maximum atomic E-state index is 13.3. The van der Waals surface area contributed by atoms with Crippen molar-refractivity contribution in [3.05, 3.63) is 59.2 Å². The fraction of sp³-hybridized carbons (Fsp3) is 0.391. The van der Waals surface area contributed by atoms with Crippen molar-refractivity contribution in [1.29, 1.82) is 5.26 Å². The molecule has 1 amide bonds. The van der Waals surface area contributed by atoms with E-state index in [-0.39, 0.29) is 37.7 Å². The third-order valence-electron chi connectivity index (χ3n) is 5.40. The number of carbonyl (C=O) groups is 1. The van der Waals surface area contributed by atoms with Crippen LogP contribution in [-0.4, -0.2) is 54.8 Å². The SMILES string of the molecule is CCOc1ccc(CC(=O)N2CCN(c3ccc(C#N)c(C(F)(F)F)c3)C(CO)C2)cc1. The topological polar surface area (TPSA) is 76.8 Å². The zero-order chi connectivity index (χ0) is 23.3. The number of aliphatic hydroxyl groups excluding tert-OH is 1. The zero-order valence-corrected chi connectivity index (χ0v) is 17.6. The monoisotopic (exact) mass is 447 g/mol. The number of amides is 1. The molecule has 1 saturated heterocycles. The van der Waals surface area contributed by atoms with Crippen LogP contribution in [0, 0.1) is 11.3 Å². The molecule has 170 valence electrons. The van der Waals surface area contributed by atoms with Crippen LogP contribution in [0.2, 0.25) is 0 Å². The fourth-order valence-electron chi connectivity index (χ4n) is 3.78. The highest BCUT2D eigenvalue weighted by atomic mass is 19.4. The van der Waals surface area contributed by atoms with Crippen LogP contribution in [0.4, 0.5) is 18.9 Å². The molecule has 2 aromatic rings. The van der Waals surface area contributed by atoms with Crippen molar-refractivity contribution in [3.8, 4) is 11.8 Å². The Balaban J connectivity index is 1.71. The average Bonchev–Trinajstić information content (AvgIpc) is 2.79. The summed E-state index contributed by atoms with van der Waals surface area (Å²) < 4.78 is 45.4. The van der Waals surface area contributed by atoms with Gasteiger partial charge >= 0.3 is 6.18 Å². The Labute approximate surface area is 184 Å². The number of benzene rings is 2. The van der Waals surface area contributed by atoms with E-state index in [0.717, 1.165) is 23.4 Å². The normalized spacial score (nSPS) is 16.6. The second kappa shape index (κ2) is 9.92. The summed E-state index contributed by atoms with van der Waals surface area (Å²) in [5.41, 5.74) is -0.383. The Kier molecular flexibility index (Phi) is 7.26. The smallest absolute Gasteiger partial charge is 0.417 e. The Morgan fingerprint density at radius 3 is 2.53 bits per heavy atom. The first-order valence-corrected chi connectivity index (χ1v) is 10.2. The minimum absolute atomic E-state index is 0.122. The van der Waals surface area contributed by atoms with E-state index in [1.165, 1.54) is 6.07 Å².